The van der Waals surface area contributed by atoms with Gasteiger partial charge in [-0.3, -0.25) is 0 Å². The fraction of sp³-hybridized carbons (Fsp3) is 1.00. The van der Waals surface area contributed by atoms with E-state index in [0.717, 1.165) is 12.8 Å². The van der Waals surface area contributed by atoms with Crippen molar-refractivity contribution in [1.82, 2.24) is 0 Å². The number of hydrogen-bond acceptors (Lipinski definition) is 2. The van der Waals surface area contributed by atoms with Gasteiger partial charge in [-0.2, -0.15) is 0 Å². The second kappa shape index (κ2) is 1.99. The van der Waals surface area contributed by atoms with Crippen LogP contribution < -0.4 is 0 Å². The SMILES string of the molecule is CC1(C)O[C@]2(C)CCC[C@H]1O2. The summed E-state index contributed by atoms with van der Waals surface area (Å²) in [6, 6.07) is 0. The second-order valence-corrected chi connectivity index (χ2v) is 4.34. The summed E-state index contributed by atoms with van der Waals surface area (Å²) in [5.41, 5.74) is -0.0642. The first-order chi connectivity index (χ1) is 5.02. The molecule has 11 heavy (non-hydrogen) atoms. The van der Waals surface area contributed by atoms with Crippen LogP contribution >= 0.6 is 0 Å². The second-order valence-electron chi connectivity index (χ2n) is 4.34. The van der Waals surface area contributed by atoms with Crippen LogP contribution in [-0.4, -0.2) is 17.5 Å². The third-order valence-corrected chi connectivity index (χ3v) is 2.74. The Balaban J connectivity index is 2.24. The molecule has 0 spiro atoms. The molecule has 2 aliphatic heterocycles. The maximum Gasteiger partial charge on any atom is 0.166 e. The topological polar surface area (TPSA) is 18.5 Å². The molecule has 0 N–H and O–H groups in total. The summed E-state index contributed by atoms with van der Waals surface area (Å²) in [6.45, 7) is 6.29. The van der Waals surface area contributed by atoms with E-state index >= 15 is 0 Å². The molecule has 2 rings (SSSR count). The Morgan fingerprint density at radius 3 is 2.55 bits per heavy atom. The zero-order chi connectivity index (χ0) is 8.11. The highest BCUT2D eigenvalue weighted by Crippen LogP contribution is 2.44. The van der Waals surface area contributed by atoms with Gasteiger partial charge in [-0.15, -0.1) is 0 Å². The van der Waals surface area contributed by atoms with Crippen molar-refractivity contribution in [2.75, 3.05) is 0 Å². The summed E-state index contributed by atoms with van der Waals surface area (Å²) in [5, 5.41) is 0. The van der Waals surface area contributed by atoms with Gasteiger partial charge in [0.25, 0.3) is 0 Å². The summed E-state index contributed by atoms with van der Waals surface area (Å²) in [5.74, 6) is -0.271. The molecule has 0 aliphatic carbocycles. The van der Waals surface area contributed by atoms with Crippen LogP contribution in [0.15, 0.2) is 0 Å². The Labute approximate surface area is 67.9 Å². The zero-order valence-electron chi connectivity index (χ0n) is 7.52. The van der Waals surface area contributed by atoms with Gasteiger partial charge in [0.2, 0.25) is 0 Å². The van der Waals surface area contributed by atoms with Crippen molar-refractivity contribution in [1.29, 1.82) is 0 Å². The number of hydrogen-bond donors (Lipinski definition) is 0. The van der Waals surface area contributed by atoms with Gasteiger partial charge in [-0.1, -0.05) is 0 Å². The lowest BCUT2D eigenvalue weighted by Crippen LogP contribution is -2.32. The third kappa shape index (κ3) is 1.09. The van der Waals surface area contributed by atoms with Gasteiger partial charge in [0.05, 0.1) is 11.7 Å². The molecule has 0 saturated carbocycles. The molecule has 2 saturated heterocycles. The Morgan fingerprint density at radius 2 is 2.00 bits per heavy atom. The molecule has 2 atom stereocenters. The van der Waals surface area contributed by atoms with Crippen molar-refractivity contribution in [3.63, 3.8) is 0 Å². The van der Waals surface area contributed by atoms with Crippen molar-refractivity contribution < 1.29 is 9.47 Å². The fourth-order valence-corrected chi connectivity index (χ4v) is 2.21. The molecule has 0 radical (unpaired) electrons. The summed E-state index contributed by atoms with van der Waals surface area (Å²) in [7, 11) is 0. The first-order valence-corrected chi connectivity index (χ1v) is 4.40. The van der Waals surface area contributed by atoms with E-state index in [1.807, 2.05) is 6.92 Å². The maximum absolute atomic E-state index is 5.84. The van der Waals surface area contributed by atoms with Gasteiger partial charge in [-0.05, 0) is 33.6 Å². The lowest BCUT2D eigenvalue weighted by atomic mass is 9.96. The van der Waals surface area contributed by atoms with Gasteiger partial charge in [-0.25, -0.2) is 0 Å². The average molecular weight is 156 g/mol. The smallest absolute Gasteiger partial charge is 0.166 e. The van der Waals surface area contributed by atoms with Crippen molar-refractivity contribution in [3.8, 4) is 0 Å². The molecule has 2 fully saturated rings. The molecule has 0 amide bonds. The molecule has 2 bridgehead atoms. The van der Waals surface area contributed by atoms with Gasteiger partial charge in [0.1, 0.15) is 0 Å². The van der Waals surface area contributed by atoms with Gasteiger partial charge in [0.15, 0.2) is 5.79 Å². The summed E-state index contributed by atoms with van der Waals surface area (Å²) in [4.78, 5) is 0. The zero-order valence-corrected chi connectivity index (χ0v) is 7.52. The van der Waals surface area contributed by atoms with E-state index in [9.17, 15) is 0 Å². The van der Waals surface area contributed by atoms with Crippen LogP contribution in [0, 0.1) is 0 Å². The lowest BCUT2D eigenvalue weighted by molar-refractivity contribution is -0.186. The molecular formula is C9H16O2. The number of fused-ring (bicyclic) bond motifs is 2. The molecule has 2 aliphatic rings. The summed E-state index contributed by atoms with van der Waals surface area (Å²) >= 11 is 0. The standard InChI is InChI=1S/C9H16O2/c1-8(2)7-5-4-6-9(3,10-7)11-8/h7H,4-6H2,1-3H3/t7-,9-/m1/s1. The minimum atomic E-state index is -0.271. The van der Waals surface area contributed by atoms with Crippen molar-refractivity contribution >= 4 is 0 Å². The van der Waals surface area contributed by atoms with Crippen molar-refractivity contribution in [2.45, 2.75) is 57.5 Å². The molecule has 0 aromatic heterocycles. The van der Waals surface area contributed by atoms with Crippen molar-refractivity contribution in [2.24, 2.45) is 0 Å². The van der Waals surface area contributed by atoms with E-state index in [1.165, 1.54) is 6.42 Å². The average Bonchev–Trinajstić information content (AvgIpc) is 1.98. The molecule has 64 valence electrons. The molecule has 2 heteroatoms. The number of ether oxygens (including phenoxy) is 2. The normalized spacial score (nSPS) is 47.7. The summed E-state index contributed by atoms with van der Waals surface area (Å²) < 4.78 is 11.6. The van der Waals surface area contributed by atoms with E-state index in [0.29, 0.717) is 6.10 Å². The maximum atomic E-state index is 5.84. The Kier molecular flexibility index (Phi) is 1.37. The summed E-state index contributed by atoms with van der Waals surface area (Å²) in [6.07, 6.45) is 3.77. The van der Waals surface area contributed by atoms with Crippen LogP contribution in [-0.2, 0) is 9.47 Å². The Hall–Kier alpha value is -0.0800. The van der Waals surface area contributed by atoms with Crippen LogP contribution in [0.4, 0.5) is 0 Å². The Morgan fingerprint density at radius 1 is 1.27 bits per heavy atom. The predicted octanol–water partition coefficient (Wildman–Crippen LogP) is 2.08. The highest BCUT2D eigenvalue weighted by atomic mass is 16.8. The molecule has 2 nitrogen and oxygen atoms in total. The molecular weight excluding hydrogens is 140 g/mol. The van der Waals surface area contributed by atoms with E-state index < -0.39 is 0 Å². The first kappa shape index (κ1) is 7.56. The predicted molar refractivity (Wildman–Crippen MR) is 42.3 cm³/mol. The van der Waals surface area contributed by atoms with E-state index in [4.69, 9.17) is 9.47 Å². The van der Waals surface area contributed by atoms with Gasteiger partial charge >= 0.3 is 0 Å². The highest BCUT2D eigenvalue weighted by Gasteiger charge is 2.51. The van der Waals surface area contributed by atoms with Crippen LogP contribution in [0.25, 0.3) is 0 Å². The Bertz CT molecular complexity index is 174. The van der Waals surface area contributed by atoms with E-state index in [2.05, 4.69) is 13.8 Å². The highest BCUT2D eigenvalue weighted by molar-refractivity contribution is 4.94. The fourth-order valence-electron chi connectivity index (χ4n) is 2.21. The van der Waals surface area contributed by atoms with E-state index in [1.54, 1.807) is 0 Å². The molecule has 2 heterocycles. The third-order valence-electron chi connectivity index (χ3n) is 2.74. The molecule has 0 aromatic rings. The molecule has 0 aromatic carbocycles. The van der Waals surface area contributed by atoms with Crippen LogP contribution in [0.5, 0.6) is 0 Å². The minimum Gasteiger partial charge on any atom is -0.344 e. The monoisotopic (exact) mass is 156 g/mol. The van der Waals surface area contributed by atoms with Crippen LogP contribution in [0.3, 0.4) is 0 Å². The largest absolute Gasteiger partial charge is 0.344 e. The van der Waals surface area contributed by atoms with Crippen LogP contribution in [0.2, 0.25) is 0 Å². The van der Waals surface area contributed by atoms with Gasteiger partial charge < -0.3 is 9.47 Å². The van der Waals surface area contributed by atoms with Crippen LogP contribution in [0.1, 0.15) is 40.0 Å². The minimum absolute atomic E-state index is 0.0642. The number of rotatable bonds is 0. The van der Waals surface area contributed by atoms with Crippen molar-refractivity contribution in [3.05, 3.63) is 0 Å². The van der Waals surface area contributed by atoms with E-state index in [-0.39, 0.29) is 11.4 Å². The molecule has 0 unspecified atom stereocenters. The lowest BCUT2D eigenvalue weighted by Gasteiger charge is -2.26. The first-order valence-electron chi connectivity index (χ1n) is 4.40. The quantitative estimate of drug-likeness (QED) is 0.534. The van der Waals surface area contributed by atoms with Gasteiger partial charge in [0, 0.05) is 6.42 Å².